The van der Waals surface area contributed by atoms with Crippen LogP contribution in [0.3, 0.4) is 0 Å². The largest absolute Gasteiger partial charge is 0.342 e. The van der Waals surface area contributed by atoms with Crippen molar-refractivity contribution in [3.63, 3.8) is 0 Å². The molecule has 5 heteroatoms. The Kier molecular flexibility index (Phi) is 5.39. The molecule has 0 saturated carbocycles. The predicted molar refractivity (Wildman–Crippen MR) is 70.0 cm³/mol. The molecule has 0 radical (unpaired) electrons. The second-order valence-electron chi connectivity index (χ2n) is 4.23. The van der Waals surface area contributed by atoms with Crippen molar-refractivity contribution < 1.29 is 4.21 Å². The number of nitrogens with one attached hydrogen (secondary N) is 1. The summed E-state index contributed by atoms with van der Waals surface area (Å²) in [5.41, 5.74) is 1.78. The van der Waals surface area contributed by atoms with E-state index < -0.39 is 10.8 Å². The van der Waals surface area contributed by atoms with E-state index in [0.717, 1.165) is 25.1 Å². The molecule has 17 heavy (non-hydrogen) atoms. The Morgan fingerprint density at radius 1 is 1.65 bits per heavy atom. The molecule has 4 nitrogen and oxygen atoms in total. The first kappa shape index (κ1) is 13.9. The SMILES string of the molecule is CC(CCNCc1cc(C#N)n(C)c1)S(C)=O. The molecule has 2 unspecified atom stereocenters. The van der Waals surface area contributed by atoms with E-state index in [4.69, 9.17) is 5.26 Å². The minimum atomic E-state index is -0.746. The van der Waals surface area contributed by atoms with E-state index in [1.165, 1.54) is 0 Å². The number of nitrogens with zero attached hydrogens (tertiary/aromatic N) is 2. The fourth-order valence-electron chi connectivity index (χ4n) is 1.54. The molecule has 1 aromatic heterocycles. The van der Waals surface area contributed by atoms with Gasteiger partial charge in [0.2, 0.25) is 0 Å². The molecule has 0 aliphatic carbocycles. The second kappa shape index (κ2) is 6.58. The smallest absolute Gasteiger partial charge is 0.120 e. The molecule has 1 N–H and O–H groups in total. The van der Waals surface area contributed by atoms with Gasteiger partial charge in [0.1, 0.15) is 11.8 Å². The maximum Gasteiger partial charge on any atom is 0.120 e. The Balaban J connectivity index is 2.32. The van der Waals surface area contributed by atoms with Gasteiger partial charge in [-0.05, 0) is 24.6 Å². The average Bonchev–Trinajstić information content (AvgIpc) is 2.64. The lowest BCUT2D eigenvalue weighted by molar-refractivity contribution is 0.628. The zero-order valence-electron chi connectivity index (χ0n) is 10.6. The van der Waals surface area contributed by atoms with Gasteiger partial charge < -0.3 is 9.88 Å². The molecule has 94 valence electrons. The van der Waals surface area contributed by atoms with Crippen molar-refractivity contribution in [2.24, 2.45) is 7.05 Å². The summed E-state index contributed by atoms with van der Waals surface area (Å²) < 4.78 is 13.0. The van der Waals surface area contributed by atoms with Crippen molar-refractivity contribution in [1.29, 1.82) is 5.26 Å². The summed E-state index contributed by atoms with van der Waals surface area (Å²) in [7, 11) is 1.12. The van der Waals surface area contributed by atoms with Crippen LogP contribution in [-0.2, 0) is 24.4 Å². The van der Waals surface area contributed by atoms with Gasteiger partial charge in [0.25, 0.3) is 0 Å². The first-order valence-corrected chi connectivity index (χ1v) is 7.25. The zero-order chi connectivity index (χ0) is 12.8. The molecule has 0 saturated heterocycles. The molecular weight excluding hydrogens is 234 g/mol. The topological polar surface area (TPSA) is 57.8 Å². The summed E-state index contributed by atoms with van der Waals surface area (Å²) >= 11 is 0. The molecule has 1 aromatic rings. The summed E-state index contributed by atoms with van der Waals surface area (Å²) in [5, 5.41) is 12.3. The van der Waals surface area contributed by atoms with Gasteiger partial charge in [-0.15, -0.1) is 0 Å². The first-order chi connectivity index (χ1) is 8.04. The van der Waals surface area contributed by atoms with Crippen molar-refractivity contribution in [3.8, 4) is 6.07 Å². The molecule has 0 aliphatic rings. The molecular formula is C12H19N3OS. The Labute approximate surface area is 105 Å². The standard InChI is InChI=1S/C12H19N3OS/c1-10(17(3)16)4-5-14-8-11-6-12(7-13)15(2)9-11/h6,9-10,14H,4-5,8H2,1-3H3. The van der Waals surface area contributed by atoms with Gasteiger partial charge in [0.05, 0.1) is 0 Å². The van der Waals surface area contributed by atoms with Crippen LogP contribution in [0.1, 0.15) is 24.6 Å². The van der Waals surface area contributed by atoms with Crippen LogP contribution in [0.5, 0.6) is 0 Å². The average molecular weight is 253 g/mol. The molecule has 0 aromatic carbocycles. The number of aromatic nitrogens is 1. The van der Waals surface area contributed by atoms with Crippen LogP contribution in [0, 0.1) is 11.3 Å². The molecule has 0 aliphatic heterocycles. The highest BCUT2D eigenvalue weighted by Crippen LogP contribution is 2.05. The Bertz CT molecular complexity index is 433. The van der Waals surface area contributed by atoms with Crippen molar-refractivity contribution >= 4 is 10.8 Å². The first-order valence-electron chi connectivity index (χ1n) is 5.63. The van der Waals surface area contributed by atoms with E-state index in [2.05, 4.69) is 11.4 Å². The van der Waals surface area contributed by atoms with Crippen LogP contribution in [0.15, 0.2) is 12.3 Å². The Hall–Kier alpha value is -1.12. The maximum absolute atomic E-state index is 11.1. The van der Waals surface area contributed by atoms with Crippen LogP contribution in [0.4, 0.5) is 0 Å². The number of hydrogen-bond donors (Lipinski definition) is 1. The predicted octanol–water partition coefficient (Wildman–Crippen LogP) is 1.14. The Morgan fingerprint density at radius 2 is 2.35 bits per heavy atom. The lowest BCUT2D eigenvalue weighted by atomic mass is 10.3. The molecule has 1 heterocycles. The Morgan fingerprint density at radius 3 is 2.88 bits per heavy atom. The molecule has 1 rings (SSSR count). The minimum Gasteiger partial charge on any atom is -0.342 e. The number of aryl methyl sites for hydroxylation is 1. The van der Waals surface area contributed by atoms with Gasteiger partial charge in [0, 0.05) is 42.1 Å². The van der Waals surface area contributed by atoms with Crippen LogP contribution in [0.25, 0.3) is 0 Å². The lowest BCUT2D eigenvalue weighted by Gasteiger charge is -2.08. The molecule has 0 fully saturated rings. The highest BCUT2D eigenvalue weighted by Gasteiger charge is 2.05. The van der Waals surface area contributed by atoms with Gasteiger partial charge in [-0.2, -0.15) is 5.26 Å². The van der Waals surface area contributed by atoms with E-state index in [-0.39, 0.29) is 5.25 Å². The summed E-state index contributed by atoms with van der Waals surface area (Å²) in [6.07, 6.45) is 4.59. The molecule has 0 spiro atoms. The fraction of sp³-hybridized carbons (Fsp3) is 0.583. The van der Waals surface area contributed by atoms with E-state index in [9.17, 15) is 4.21 Å². The third-order valence-corrected chi connectivity index (χ3v) is 4.17. The summed E-state index contributed by atoms with van der Waals surface area (Å²) in [5.74, 6) is 0. The number of rotatable bonds is 6. The second-order valence-corrected chi connectivity index (χ2v) is 6.03. The highest BCUT2D eigenvalue weighted by atomic mass is 32.2. The van der Waals surface area contributed by atoms with Crippen molar-refractivity contribution in [1.82, 2.24) is 9.88 Å². The van der Waals surface area contributed by atoms with Crippen molar-refractivity contribution in [3.05, 3.63) is 23.5 Å². The molecule has 2 atom stereocenters. The van der Waals surface area contributed by atoms with Crippen LogP contribution in [-0.4, -0.2) is 26.8 Å². The van der Waals surface area contributed by atoms with Gasteiger partial charge in [-0.3, -0.25) is 4.21 Å². The zero-order valence-corrected chi connectivity index (χ0v) is 11.4. The van der Waals surface area contributed by atoms with Gasteiger partial charge in [-0.1, -0.05) is 6.92 Å². The van der Waals surface area contributed by atoms with Crippen LogP contribution in [0.2, 0.25) is 0 Å². The van der Waals surface area contributed by atoms with Crippen LogP contribution >= 0.6 is 0 Å². The highest BCUT2D eigenvalue weighted by molar-refractivity contribution is 7.84. The van der Waals surface area contributed by atoms with E-state index in [1.807, 2.05) is 30.8 Å². The summed E-state index contributed by atoms with van der Waals surface area (Å²) in [6, 6.07) is 4.02. The fourth-order valence-corrected chi connectivity index (χ4v) is 1.99. The number of hydrogen-bond acceptors (Lipinski definition) is 3. The van der Waals surface area contributed by atoms with Gasteiger partial charge in [-0.25, -0.2) is 0 Å². The monoisotopic (exact) mass is 253 g/mol. The third-order valence-electron chi connectivity index (χ3n) is 2.80. The quantitative estimate of drug-likeness (QED) is 0.774. The van der Waals surface area contributed by atoms with E-state index in [1.54, 1.807) is 6.26 Å². The molecule has 0 amide bonds. The number of nitriles is 1. The molecule has 0 bridgehead atoms. The van der Waals surface area contributed by atoms with Gasteiger partial charge >= 0.3 is 0 Å². The van der Waals surface area contributed by atoms with E-state index >= 15 is 0 Å². The normalized spacial score (nSPS) is 14.2. The maximum atomic E-state index is 11.1. The van der Waals surface area contributed by atoms with E-state index in [0.29, 0.717) is 5.69 Å². The van der Waals surface area contributed by atoms with Gasteiger partial charge in [0.15, 0.2) is 0 Å². The van der Waals surface area contributed by atoms with Crippen molar-refractivity contribution in [2.75, 3.05) is 12.8 Å². The van der Waals surface area contributed by atoms with Crippen molar-refractivity contribution in [2.45, 2.75) is 25.1 Å². The van der Waals surface area contributed by atoms with Crippen LogP contribution < -0.4 is 5.32 Å². The minimum absolute atomic E-state index is 0.230. The summed E-state index contributed by atoms with van der Waals surface area (Å²) in [6.45, 7) is 3.59. The summed E-state index contributed by atoms with van der Waals surface area (Å²) in [4.78, 5) is 0. The lowest BCUT2D eigenvalue weighted by Crippen LogP contribution is -2.20. The third kappa shape index (κ3) is 4.33.